The normalized spacial score (nSPS) is 24.0. The number of sulfonamides is 1. The van der Waals surface area contributed by atoms with Gasteiger partial charge in [0.15, 0.2) is 11.7 Å². The van der Waals surface area contributed by atoms with Gasteiger partial charge in [0.1, 0.15) is 4.21 Å². The van der Waals surface area contributed by atoms with Crippen molar-refractivity contribution in [3.63, 3.8) is 0 Å². The number of aliphatic imine (C=N–C) groups is 2. The van der Waals surface area contributed by atoms with Gasteiger partial charge in [-0.25, -0.2) is 17.7 Å². The highest BCUT2D eigenvalue weighted by Gasteiger charge is 2.37. The second kappa shape index (κ2) is 6.98. The Balaban J connectivity index is 1.53. The van der Waals surface area contributed by atoms with E-state index in [1.54, 1.807) is 13.1 Å². The number of anilines is 1. The number of amidine groups is 2. The van der Waals surface area contributed by atoms with Crippen molar-refractivity contribution in [2.45, 2.75) is 17.2 Å². The molecule has 1 N–H and O–H groups in total. The van der Waals surface area contributed by atoms with E-state index < -0.39 is 10.0 Å². The van der Waals surface area contributed by atoms with Crippen LogP contribution in [0.4, 0.5) is 5.00 Å². The highest BCUT2D eigenvalue weighted by atomic mass is 32.2. The molecule has 4 rings (SSSR count). The molecule has 4 heterocycles. The maximum Gasteiger partial charge on any atom is 0.252 e. The predicted molar refractivity (Wildman–Crippen MR) is 113 cm³/mol. The van der Waals surface area contributed by atoms with Crippen LogP contribution in [-0.4, -0.2) is 80.8 Å². The Morgan fingerprint density at radius 3 is 2.82 bits per heavy atom. The molecule has 0 fully saturated rings. The van der Waals surface area contributed by atoms with E-state index in [-0.39, 0.29) is 6.04 Å². The second-order valence-corrected chi connectivity index (χ2v) is 10.6. The van der Waals surface area contributed by atoms with E-state index in [4.69, 9.17) is 0 Å². The van der Waals surface area contributed by atoms with Gasteiger partial charge >= 0.3 is 0 Å². The SMILES string of the molecule is Cc1cc(NC2=NC=CN3C2=NCC3C2C=NN(C)C2)sc1S(=O)(=O)N(C)C. The fourth-order valence-electron chi connectivity index (χ4n) is 3.44. The molecule has 1 aromatic heterocycles. The summed E-state index contributed by atoms with van der Waals surface area (Å²) >= 11 is 1.20. The van der Waals surface area contributed by atoms with Crippen LogP contribution in [0.1, 0.15) is 5.56 Å². The molecule has 0 spiro atoms. The summed E-state index contributed by atoms with van der Waals surface area (Å²) in [6, 6.07) is 2.04. The number of hydrogen-bond acceptors (Lipinski definition) is 9. The summed E-state index contributed by atoms with van der Waals surface area (Å²) in [5.74, 6) is 1.71. The molecule has 0 aliphatic carbocycles. The molecule has 28 heavy (non-hydrogen) atoms. The van der Waals surface area contributed by atoms with Gasteiger partial charge in [0.25, 0.3) is 10.0 Å². The highest BCUT2D eigenvalue weighted by Crippen LogP contribution is 2.33. The quantitative estimate of drug-likeness (QED) is 0.789. The lowest BCUT2D eigenvalue weighted by molar-refractivity contribution is 0.299. The lowest BCUT2D eigenvalue weighted by Crippen LogP contribution is -2.44. The molecular weight excluding hydrogens is 398 g/mol. The number of hydrazone groups is 1. The fourth-order valence-corrected chi connectivity index (χ4v) is 6.18. The van der Waals surface area contributed by atoms with E-state index in [1.165, 1.54) is 29.7 Å². The molecule has 3 aliphatic rings. The van der Waals surface area contributed by atoms with Crippen molar-refractivity contribution in [1.82, 2.24) is 14.2 Å². The number of nitrogens with one attached hydrogen (secondary N) is 1. The average Bonchev–Trinajstić information content (AvgIpc) is 3.33. The van der Waals surface area contributed by atoms with Gasteiger partial charge in [-0.15, -0.1) is 11.3 Å². The van der Waals surface area contributed by atoms with Crippen molar-refractivity contribution < 1.29 is 8.42 Å². The van der Waals surface area contributed by atoms with Gasteiger partial charge in [0.05, 0.1) is 17.6 Å². The third-order valence-corrected chi connectivity index (χ3v) is 8.51. The first-order valence-corrected chi connectivity index (χ1v) is 11.2. The van der Waals surface area contributed by atoms with E-state index in [1.807, 2.05) is 30.5 Å². The maximum atomic E-state index is 12.5. The van der Waals surface area contributed by atoms with E-state index in [0.717, 1.165) is 17.4 Å². The Morgan fingerprint density at radius 2 is 2.14 bits per heavy atom. The topological polar surface area (TPSA) is 93.0 Å². The highest BCUT2D eigenvalue weighted by molar-refractivity contribution is 7.91. The maximum absolute atomic E-state index is 12.5. The molecule has 0 saturated carbocycles. The van der Waals surface area contributed by atoms with Gasteiger partial charge < -0.3 is 10.2 Å². The fraction of sp³-hybridized carbons (Fsp3) is 0.471. The van der Waals surface area contributed by atoms with Crippen molar-refractivity contribution in [3.8, 4) is 0 Å². The van der Waals surface area contributed by atoms with Crippen LogP contribution in [0.2, 0.25) is 0 Å². The van der Waals surface area contributed by atoms with Crippen molar-refractivity contribution >= 4 is 44.2 Å². The van der Waals surface area contributed by atoms with Crippen LogP contribution < -0.4 is 5.32 Å². The van der Waals surface area contributed by atoms with Crippen molar-refractivity contribution in [2.24, 2.45) is 21.0 Å². The molecule has 0 aromatic carbocycles. The summed E-state index contributed by atoms with van der Waals surface area (Å²) in [7, 11) is 1.56. The Morgan fingerprint density at radius 1 is 1.36 bits per heavy atom. The van der Waals surface area contributed by atoms with Crippen LogP contribution >= 0.6 is 11.3 Å². The van der Waals surface area contributed by atoms with Crippen molar-refractivity contribution in [3.05, 3.63) is 24.0 Å². The molecule has 0 amide bonds. The summed E-state index contributed by atoms with van der Waals surface area (Å²) < 4.78 is 26.5. The van der Waals surface area contributed by atoms with Crippen molar-refractivity contribution in [1.29, 1.82) is 0 Å². The van der Waals surface area contributed by atoms with Crippen LogP contribution in [-0.2, 0) is 10.0 Å². The third-order valence-electron chi connectivity index (χ3n) is 4.93. The molecule has 3 aliphatic heterocycles. The predicted octanol–water partition coefficient (Wildman–Crippen LogP) is 1.23. The zero-order valence-corrected chi connectivity index (χ0v) is 17.8. The number of thiophene rings is 1. The Hall–Kier alpha value is -2.24. The van der Waals surface area contributed by atoms with E-state index in [0.29, 0.717) is 28.1 Å². The number of hydrogen-bond donors (Lipinski definition) is 1. The molecule has 2 unspecified atom stereocenters. The van der Waals surface area contributed by atoms with Gasteiger partial charge in [-0.05, 0) is 18.6 Å². The molecule has 11 heteroatoms. The first kappa shape index (κ1) is 19.1. The third kappa shape index (κ3) is 3.23. The number of nitrogens with zero attached hydrogens (tertiary/aromatic N) is 6. The first-order chi connectivity index (χ1) is 13.3. The van der Waals surface area contributed by atoms with Crippen LogP contribution in [0, 0.1) is 12.8 Å². The molecular formula is C17H23N7O2S2. The molecule has 150 valence electrons. The number of fused-ring (bicyclic) bond motifs is 1. The van der Waals surface area contributed by atoms with E-state index in [2.05, 4.69) is 25.3 Å². The van der Waals surface area contributed by atoms with Gasteiger partial charge in [-0.2, -0.15) is 5.10 Å². The van der Waals surface area contributed by atoms with Gasteiger partial charge in [0, 0.05) is 52.2 Å². The summed E-state index contributed by atoms with van der Waals surface area (Å²) in [5, 5.41) is 10.3. The Labute approximate surface area is 168 Å². The minimum absolute atomic E-state index is 0.210. The van der Waals surface area contributed by atoms with Crippen LogP contribution in [0.25, 0.3) is 0 Å². The summed E-state index contributed by atoms with van der Waals surface area (Å²) in [4.78, 5) is 11.3. The summed E-state index contributed by atoms with van der Waals surface area (Å²) in [5.41, 5.74) is 0.710. The Bertz CT molecular complexity index is 1010. The molecule has 0 bridgehead atoms. The average molecular weight is 422 g/mol. The van der Waals surface area contributed by atoms with E-state index >= 15 is 0 Å². The summed E-state index contributed by atoms with van der Waals surface area (Å²) in [6.45, 7) is 3.34. The molecule has 1 aromatic rings. The molecule has 2 atom stereocenters. The van der Waals surface area contributed by atoms with Crippen molar-refractivity contribution in [2.75, 3.05) is 39.5 Å². The first-order valence-electron chi connectivity index (χ1n) is 8.90. The monoisotopic (exact) mass is 421 g/mol. The number of rotatable bonds is 4. The van der Waals surface area contributed by atoms with Gasteiger partial charge in [0.2, 0.25) is 0 Å². The molecule has 0 saturated heterocycles. The van der Waals surface area contributed by atoms with Crippen LogP contribution in [0.3, 0.4) is 0 Å². The van der Waals surface area contributed by atoms with E-state index in [9.17, 15) is 8.42 Å². The number of aryl methyl sites for hydroxylation is 1. The van der Waals surface area contributed by atoms with Crippen LogP contribution in [0.5, 0.6) is 0 Å². The standard InChI is InChI=1S/C17H23N7O2S2/c1-11-7-14(27-17(11)28(25,26)22(2)3)21-15-16-19-9-13(24(16)6-5-18-15)12-8-20-23(4)10-12/h5-8,12-13H,9-10H2,1-4H3,(H,18,21). The molecule has 9 nitrogen and oxygen atoms in total. The molecule has 0 radical (unpaired) electrons. The van der Waals surface area contributed by atoms with Crippen LogP contribution in [0.15, 0.2) is 37.8 Å². The van der Waals surface area contributed by atoms with Gasteiger partial charge in [-0.3, -0.25) is 10.0 Å². The lowest BCUT2D eigenvalue weighted by Gasteiger charge is -2.29. The largest absolute Gasteiger partial charge is 0.329 e. The van der Waals surface area contributed by atoms with Gasteiger partial charge in [-0.1, -0.05) is 0 Å². The minimum Gasteiger partial charge on any atom is -0.329 e. The lowest BCUT2D eigenvalue weighted by atomic mass is 10.0. The Kier molecular flexibility index (Phi) is 4.76. The smallest absolute Gasteiger partial charge is 0.252 e. The zero-order valence-electron chi connectivity index (χ0n) is 16.2. The summed E-state index contributed by atoms with van der Waals surface area (Å²) in [6.07, 6.45) is 5.67. The second-order valence-electron chi connectivity index (χ2n) is 7.18. The zero-order chi connectivity index (χ0) is 20.1. The minimum atomic E-state index is -3.47.